The van der Waals surface area contributed by atoms with E-state index in [-0.39, 0.29) is 5.41 Å². The first-order chi connectivity index (χ1) is 12.6. The maximum atomic E-state index is 10.6. The molecular weight excluding hydrogens is 432 g/mol. The van der Waals surface area contributed by atoms with E-state index in [2.05, 4.69) is 63.0 Å². The van der Waals surface area contributed by atoms with E-state index in [1.165, 1.54) is 22.0 Å². The molecule has 0 aromatic heterocycles. The van der Waals surface area contributed by atoms with E-state index in [1.807, 2.05) is 20.9 Å². The van der Waals surface area contributed by atoms with Gasteiger partial charge < -0.3 is 5.11 Å². The van der Waals surface area contributed by atoms with Crippen LogP contribution in [0.15, 0.2) is 35.3 Å². The van der Waals surface area contributed by atoms with Gasteiger partial charge in [-0.05, 0) is 54.2 Å². The molecule has 0 fully saturated rings. The number of aryl methyl sites for hydroxylation is 2. The number of benzene rings is 2. The van der Waals surface area contributed by atoms with Crippen molar-refractivity contribution >= 4 is 43.5 Å². The van der Waals surface area contributed by atoms with Crippen molar-refractivity contribution in [2.24, 2.45) is 4.99 Å². The molecule has 1 atom stereocenters. The van der Waals surface area contributed by atoms with Gasteiger partial charge in [-0.3, -0.25) is 4.99 Å². The first kappa shape index (κ1) is 24.7. The van der Waals surface area contributed by atoms with Crippen LogP contribution in [0.3, 0.4) is 0 Å². The number of nitrogens with zero attached hydrogens (tertiary/aromatic N) is 1. The number of rotatable bonds is 3. The van der Waals surface area contributed by atoms with Crippen LogP contribution in [0.2, 0.25) is 0 Å². The zero-order chi connectivity index (χ0) is 20.8. The van der Waals surface area contributed by atoms with E-state index in [0.29, 0.717) is 14.3 Å². The molecule has 0 saturated heterocycles. The van der Waals surface area contributed by atoms with E-state index in [9.17, 15) is 5.11 Å². The Morgan fingerprint density at radius 3 is 2.22 bits per heavy atom. The first-order valence-electron chi connectivity index (χ1n) is 8.67. The van der Waals surface area contributed by atoms with Crippen LogP contribution in [0.1, 0.15) is 49.9 Å². The van der Waals surface area contributed by atoms with Gasteiger partial charge in [-0.2, -0.15) is 0 Å². The normalized spacial score (nSPS) is 12.1. The second-order valence-electron chi connectivity index (χ2n) is 7.44. The molecule has 0 saturated carbocycles. The summed E-state index contributed by atoms with van der Waals surface area (Å²) in [7, 11) is 12.0. The van der Waals surface area contributed by atoms with E-state index in [4.69, 9.17) is 18.6 Å². The van der Waals surface area contributed by atoms with Crippen LogP contribution in [0.25, 0.3) is 0 Å². The van der Waals surface area contributed by atoms with Crippen LogP contribution < -0.4 is 10.6 Å². The predicted molar refractivity (Wildman–Crippen MR) is 120 cm³/mol. The molecule has 0 amide bonds. The molecule has 0 aliphatic rings. The van der Waals surface area contributed by atoms with Gasteiger partial charge in [0.1, 0.15) is 5.75 Å². The Morgan fingerprint density at radius 2 is 1.70 bits per heavy atom. The molecule has 2 rings (SSSR count). The SMILES string of the molecule is CN=C(C)c1cccc(C)c1Pc1cc(C(C)(C)C)cc(C)c1O.[Cl][Ti][Cl]. The standard InChI is InChI=1S/C21H28NOP.2ClH.Ti/c1-13-9-8-10-17(15(3)22-7)20(13)24-18-12-16(21(4,5)6)11-14(2)19(18)23;;;/h8-12,23-24H,1-7H3;2*1H;/q;;;+2/p-2. The van der Waals surface area contributed by atoms with Crippen LogP contribution in [-0.4, -0.2) is 17.9 Å². The Bertz CT molecular complexity index is 817. The first-order valence-corrected chi connectivity index (χ1v) is 14.0. The number of hydrogen-bond donors (Lipinski definition) is 1. The zero-order valence-corrected chi connectivity index (χ0v) is 21.1. The third-order valence-electron chi connectivity index (χ3n) is 4.42. The van der Waals surface area contributed by atoms with E-state index >= 15 is 0 Å². The summed E-state index contributed by atoms with van der Waals surface area (Å²) in [5, 5.41) is 12.9. The summed E-state index contributed by atoms with van der Waals surface area (Å²) in [6.07, 6.45) is 0. The third kappa shape index (κ3) is 6.88. The Hall–Kier alpha value is -0.366. The third-order valence-corrected chi connectivity index (χ3v) is 5.99. The van der Waals surface area contributed by atoms with E-state index in [0.717, 1.165) is 16.6 Å². The fraction of sp³-hybridized carbons (Fsp3) is 0.381. The minimum atomic E-state index is -0.556. The molecule has 0 aliphatic carbocycles. The average Bonchev–Trinajstić information content (AvgIpc) is 2.59. The number of hydrogen-bond acceptors (Lipinski definition) is 2. The summed E-state index contributed by atoms with van der Waals surface area (Å²) in [6.45, 7) is 12.8. The van der Waals surface area contributed by atoms with Crippen molar-refractivity contribution in [2.75, 3.05) is 7.05 Å². The molecule has 1 unspecified atom stereocenters. The number of halogens is 2. The Labute approximate surface area is 182 Å². The summed E-state index contributed by atoms with van der Waals surface area (Å²) in [5.41, 5.74) is 5.72. The number of phenolic OH excluding ortho intramolecular Hbond substituents is 1. The fourth-order valence-corrected chi connectivity index (χ4v) is 4.19. The summed E-state index contributed by atoms with van der Waals surface area (Å²) in [6, 6.07) is 10.6. The summed E-state index contributed by atoms with van der Waals surface area (Å²) < 4.78 is 0. The molecule has 0 heterocycles. The van der Waals surface area contributed by atoms with Crippen molar-refractivity contribution < 1.29 is 22.1 Å². The molecule has 2 aromatic carbocycles. The molecule has 2 aromatic rings. The fourth-order valence-electron chi connectivity index (χ4n) is 2.70. The monoisotopic (exact) mass is 459 g/mol. The predicted octanol–water partition coefficient (Wildman–Crippen LogP) is 5.75. The van der Waals surface area contributed by atoms with Gasteiger partial charge in [0.15, 0.2) is 0 Å². The van der Waals surface area contributed by atoms with Crippen LogP contribution in [-0.2, 0) is 22.4 Å². The molecule has 146 valence electrons. The molecule has 6 heteroatoms. The second-order valence-corrected chi connectivity index (χ2v) is 11.3. The quantitative estimate of drug-likeness (QED) is 0.353. The van der Waals surface area contributed by atoms with Crippen LogP contribution in [0, 0.1) is 13.8 Å². The summed E-state index contributed by atoms with van der Waals surface area (Å²) in [5.74, 6) is 0.418. The minimum absolute atomic E-state index is 0.0625. The molecular formula is C21H28Cl2NOPTi. The molecule has 0 spiro atoms. The van der Waals surface area contributed by atoms with Gasteiger partial charge in [-0.1, -0.05) is 53.6 Å². The summed E-state index contributed by atoms with van der Waals surface area (Å²) in [4.78, 5) is 4.36. The van der Waals surface area contributed by atoms with Crippen molar-refractivity contribution in [3.8, 4) is 5.75 Å². The zero-order valence-electron chi connectivity index (χ0n) is 17.0. The number of aliphatic imine (C=N–C) groups is 1. The van der Waals surface area contributed by atoms with Gasteiger partial charge in [-0.25, -0.2) is 0 Å². The van der Waals surface area contributed by atoms with Crippen LogP contribution in [0.4, 0.5) is 0 Å². The molecule has 2 nitrogen and oxygen atoms in total. The van der Waals surface area contributed by atoms with Gasteiger partial charge in [0.05, 0.1) is 0 Å². The van der Waals surface area contributed by atoms with E-state index < -0.39 is 17.0 Å². The Kier molecular flexibility index (Phi) is 10.0. The van der Waals surface area contributed by atoms with Crippen molar-refractivity contribution in [1.29, 1.82) is 0 Å². The van der Waals surface area contributed by atoms with Crippen molar-refractivity contribution in [3.63, 3.8) is 0 Å². The molecule has 27 heavy (non-hydrogen) atoms. The number of phenols is 1. The average molecular weight is 460 g/mol. The number of aromatic hydroxyl groups is 1. The van der Waals surface area contributed by atoms with Gasteiger partial charge in [-0.15, -0.1) is 0 Å². The molecule has 0 aliphatic heterocycles. The Balaban J connectivity index is 0.00000114. The van der Waals surface area contributed by atoms with Gasteiger partial charge >= 0.3 is 35.6 Å². The topological polar surface area (TPSA) is 32.6 Å². The van der Waals surface area contributed by atoms with Gasteiger partial charge in [0, 0.05) is 23.6 Å². The second kappa shape index (κ2) is 11.0. The van der Waals surface area contributed by atoms with Crippen molar-refractivity contribution in [3.05, 3.63) is 52.6 Å². The van der Waals surface area contributed by atoms with Crippen molar-refractivity contribution in [2.45, 2.75) is 47.0 Å². The van der Waals surface area contributed by atoms with Crippen LogP contribution >= 0.6 is 27.2 Å². The van der Waals surface area contributed by atoms with Crippen LogP contribution in [0.5, 0.6) is 5.75 Å². The maximum absolute atomic E-state index is 10.6. The van der Waals surface area contributed by atoms with Crippen molar-refractivity contribution in [1.82, 2.24) is 0 Å². The van der Waals surface area contributed by atoms with Gasteiger partial charge in [0.2, 0.25) is 0 Å². The van der Waals surface area contributed by atoms with E-state index in [1.54, 1.807) is 0 Å². The van der Waals surface area contributed by atoms with Gasteiger partial charge in [0.25, 0.3) is 0 Å². The summed E-state index contributed by atoms with van der Waals surface area (Å²) >= 11 is -0.556. The Morgan fingerprint density at radius 1 is 1.11 bits per heavy atom. The molecule has 0 radical (unpaired) electrons. The molecule has 1 N–H and O–H groups in total. The molecule has 0 bridgehead atoms.